The molecule has 1 saturated heterocycles. The van der Waals surface area contributed by atoms with Crippen molar-refractivity contribution in [2.24, 2.45) is 5.41 Å². The number of anilines is 1. The number of thiazole rings is 1. The van der Waals surface area contributed by atoms with Gasteiger partial charge in [-0.2, -0.15) is 5.10 Å². The minimum absolute atomic E-state index is 0.0214. The average molecular weight is 498 g/mol. The highest BCUT2D eigenvalue weighted by Gasteiger charge is 2.29. The molecule has 1 aliphatic rings. The van der Waals surface area contributed by atoms with Crippen molar-refractivity contribution in [1.82, 2.24) is 29.8 Å². The summed E-state index contributed by atoms with van der Waals surface area (Å²) in [7, 11) is 2.01. The molecule has 4 heterocycles. The van der Waals surface area contributed by atoms with E-state index in [9.17, 15) is 9.59 Å². The molecule has 1 fully saturated rings. The fourth-order valence-corrected chi connectivity index (χ4v) is 5.02. The predicted molar refractivity (Wildman–Crippen MR) is 139 cm³/mol. The second kappa shape index (κ2) is 9.93. The van der Waals surface area contributed by atoms with Crippen LogP contribution in [-0.4, -0.2) is 68.5 Å². The Hall–Kier alpha value is -3.01. The van der Waals surface area contributed by atoms with Crippen molar-refractivity contribution in [3.05, 3.63) is 29.5 Å². The number of nitrogens with zero attached hydrogens (tertiary/aromatic N) is 6. The van der Waals surface area contributed by atoms with Crippen LogP contribution in [0.5, 0.6) is 0 Å². The van der Waals surface area contributed by atoms with E-state index in [1.165, 1.54) is 0 Å². The molecule has 1 aliphatic heterocycles. The number of likely N-dealkylation sites (tertiary alicyclic amines) is 1. The van der Waals surface area contributed by atoms with Gasteiger partial charge in [0.2, 0.25) is 5.91 Å². The van der Waals surface area contributed by atoms with Gasteiger partial charge in [-0.15, -0.1) is 11.3 Å². The molecule has 0 spiro atoms. The van der Waals surface area contributed by atoms with E-state index in [1.54, 1.807) is 28.1 Å². The molecule has 1 N–H and O–H groups in total. The van der Waals surface area contributed by atoms with Crippen LogP contribution in [0.1, 0.15) is 64.4 Å². The Balaban J connectivity index is 1.65. The van der Waals surface area contributed by atoms with Crippen molar-refractivity contribution in [2.45, 2.75) is 66.0 Å². The van der Waals surface area contributed by atoms with Crippen LogP contribution in [0.25, 0.3) is 16.2 Å². The summed E-state index contributed by atoms with van der Waals surface area (Å²) in [6, 6.07) is 2.09. The summed E-state index contributed by atoms with van der Waals surface area (Å²) < 4.78 is 1.80. The molecule has 10 heteroatoms. The molecule has 0 unspecified atom stereocenters. The molecular formula is C25H35N7O2S. The van der Waals surface area contributed by atoms with Gasteiger partial charge in [0.05, 0.1) is 11.8 Å². The molecule has 0 saturated carbocycles. The van der Waals surface area contributed by atoms with Crippen molar-refractivity contribution in [3.8, 4) is 11.4 Å². The highest BCUT2D eigenvalue weighted by atomic mass is 32.1. The summed E-state index contributed by atoms with van der Waals surface area (Å²) in [5.74, 6) is 1.15. The summed E-state index contributed by atoms with van der Waals surface area (Å²) in [6.45, 7) is 11.7. The number of carbonyl (C=O) groups excluding carboxylic acids is 2. The molecule has 3 aromatic heterocycles. The quantitative estimate of drug-likeness (QED) is 0.556. The van der Waals surface area contributed by atoms with Crippen molar-refractivity contribution >= 4 is 33.8 Å². The molecule has 0 bridgehead atoms. The molecule has 4 rings (SSSR count). The average Bonchev–Trinajstić information content (AvgIpc) is 3.46. The SMILES string of the molecule is CCC(=O)NC1CCN(C(=O)c2cc(N(C)[C@H](C)C(C)(C)C)nc(-c3cnn4ccsc34)n2)CC1. The maximum Gasteiger partial charge on any atom is 0.272 e. The molecule has 3 aromatic rings. The standard InChI is InChI=1S/C25H35N7O2S/c1-7-21(33)27-17-8-10-31(11-9-17)23(34)19-14-20(30(6)16(2)25(3,4)5)29-22(28-19)18-15-26-32-12-13-35-24(18)32/h12-17H,7-11H2,1-6H3,(H,27,33)/t16-/m1/s1. The van der Waals surface area contributed by atoms with Crippen LogP contribution in [-0.2, 0) is 4.79 Å². The lowest BCUT2D eigenvalue weighted by atomic mass is 9.87. The Bertz CT molecular complexity index is 1200. The lowest BCUT2D eigenvalue weighted by molar-refractivity contribution is -0.121. The zero-order chi connectivity index (χ0) is 25.3. The van der Waals surface area contributed by atoms with Gasteiger partial charge in [-0.1, -0.05) is 27.7 Å². The summed E-state index contributed by atoms with van der Waals surface area (Å²) >= 11 is 1.57. The molecule has 0 aromatic carbocycles. The van der Waals surface area contributed by atoms with E-state index in [1.807, 2.05) is 30.4 Å². The number of fused-ring (bicyclic) bond motifs is 1. The Morgan fingerprint density at radius 2 is 1.97 bits per heavy atom. The van der Waals surface area contributed by atoms with Crippen LogP contribution < -0.4 is 10.2 Å². The lowest BCUT2D eigenvalue weighted by Crippen LogP contribution is -2.46. The molecule has 188 valence electrons. The number of aromatic nitrogens is 4. The third kappa shape index (κ3) is 5.32. The van der Waals surface area contributed by atoms with E-state index in [0.29, 0.717) is 36.8 Å². The van der Waals surface area contributed by atoms with Crippen LogP contribution in [0.2, 0.25) is 0 Å². The lowest BCUT2D eigenvalue weighted by Gasteiger charge is -2.36. The van der Waals surface area contributed by atoms with E-state index in [0.717, 1.165) is 23.2 Å². The van der Waals surface area contributed by atoms with Crippen LogP contribution in [0.4, 0.5) is 5.82 Å². The van der Waals surface area contributed by atoms with Gasteiger partial charge >= 0.3 is 0 Å². The third-order valence-electron chi connectivity index (χ3n) is 6.97. The normalized spacial score (nSPS) is 15.9. The largest absolute Gasteiger partial charge is 0.356 e. The Kier molecular flexibility index (Phi) is 7.12. The van der Waals surface area contributed by atoms with Crippen LogP contribution in [0, 0.1) is 5.41 Å². The molecule has 1 atom stereocenters. The van der Waals surface area contributed by atoms with Gasteiger partial charge in [-0.05, 0) is 25.2 Å². The molecule has 2 amide bonds. The van der Waals surface area contributed by atoms with Crippen molar-refractivity contribution in [2.75, 3.05) is 25.0 Å². The van der Waals surface area contributed by atoms with Gasteiger partial charge in [0.15, 0.2) is 5.82 Å². The first-order valence-corrected chi connectivity index (χ1v) is 13.1. The van der Waals surface area contributed by atoms with Gasteiger partial charge < -0.3 is 15.1 Å². The number of hydrogen-bond acceptors (Lipinski definition) is 7. The number of carbonyl (C=O) groups is 2. The van der Waals surface area contributed by atoms with Crippen LogP contribution in [0.3, 0.4) is 0 Å². The number of rotatable bonds is 6. The maximum atomic E-state index is 13.6. The zero-order valence-electron chi connectivity index (χ0n) is 21.4. The summed E-state index contributed by atoms with van der Waals surface area (Å²) in [5, 5.41) is 9.42. The molecule has 0 radical (unpaired) electrons. The first-order chi connectivity index (χ1) is 16.6. The highest BCUT2D eigenvalue weighted by molar-refractivity contribution is 7.16. The van der Waals surface area contributed by atoms with Crippen LogP contribution >= 0.6 is 11.3 Å². The summed E-state index contributed by atoms with van der Waals surface area (Å²) in [6.07, 6.45) is 5.60. The molecule has 35 heavy (non-hydrogen) atoms. The zero-order valence-corrected chi connectivity index (χ0v) is 22.2. The summed E-state index contributed by atoms with van der Waals surface area (Å²) in [4.78, 5) is 39.8. The van der Waals surface area contributed by atoms with Gasteiger partial charge in [-0.25, -0.2) is 14.5 Å². The topological polar surface area (TPSA) is 95.7 Å². The van der Waals surface area contributed by atoms with Crippen molar-refractivity contribution in [1.29, 1.82) is 0 Å². The predicted octanol–water partition coefficient (Wildman–Crippen LogP) is 3.85. The monoisotopic (exact) mass is 497 g/mol. The van der Waals surface area contributed by atoms with Gasteiger partial charge in [0, 0.05) is 56.3 Å². The fourth-order valence-electron chi connectivity index (χ4n) is 4.22. The van der Waals surface area contributed by atoms with Crippen molar-refractivity contribution in [3.63, 3.8) is 0 Å². The summed E-state index contributed by atoms with van der Waals surface area (Å²) in [5.41, 5.74) is 1.21. The third-order valence-corrected chi connectivity index (χ3v) is 7.86. The number of piperidine rings is 1. The van der Waals surface area contributed by atoms with Gasteiger partial charge in [0.25, 0.3) is 5.91 Å². The smallest absolute Gasteiger partial charge is 0.272 e. The Morgan fingerprint density at radius 1 is 1.26 bits per heavy atom. The first kappa shape index (κ1) is 25.1. The number of hydrogen-bond donors (Lipinski definition) is 1. The Morgan fingerprint density at radius 3 is 2.63 bits per heavy atom. The fraction of sp³-hybridized carbons (Fsp3) is 0.560. The second-order valence-corrected chi connectivity index (χ2v) is 11.2. The molecule has 9 nitrogen and oxygen atoms in total. The van der Waals surface area contributed by atoms with Gasteiger partial charge in [-0.3, -0.25) is 9.59 Å². The van der Waals surface area contributed by atoms with E-state index >= 15 is 0 Å². The minimum Gasteiger partial charge on any atom is -0.356 e. The number of amides is 2. The van der Waals surface area contributed by atoms with Crippen molar-refractivity contribution < 1.29 is 9.59 Å². The first-order valence-electron chi connectivity index (χ1n) is 12.2. The minimum atomic E-state index is -0.110. The van der Waals surface area contributed by atoms with Gasteiger partial charge in [0.1, 0.15) is 16.3 Å². The second-order valence-electron chi connectivity index (χ2n) is 10.3. The van der Waals surface area contributed by atoms with E-state index in [4.69, 9.17) is 9.97 Å². The number of nitrogens with one attached hydrogen (secondary N) is 1. The van der Waals surface area contributed by atoms with Crippen LogP contribution in [0.15, 0.2) is 23.8 Å². The van der Waals surface area contributed by atoms with E-state index in [-0.39, 0.29) is 29.3 Å². The molecule has 0 aliphatic carbocycles. The van der Waals surface area contributed by atoms with E-state index in [2.05, 4.69) is 43.0 Å². The highest BCUT2D eigenvalue weighted by Crippen LogP contribution is 2.30. The van der Waals surface area contributed by atoms with E-state index < -0.39 is 0 Å². The molecular weight excluding hydrogens is 462 g/mol. The maximum absolute atomic E-state index is 13.6. The Labute approximate surface area is 210 Å².